The van der Waals surface area contributed by atoms with E-state index in [4.69, 9.17) is 0 Å². The summed E-state index contributed by atoms with van der Waals surface area (Å²) in [4.78, 5) is 24.5. The van der Waals surface area contributed by atoms with E-state index in [9.17, 15) is 9.59 Å². The van der Waals surface area contributed by atoms with Crippen molar-refractivity contribution in [3.8, 4) is 0 Å². The molecule has 136 valence electrons. The molecule has 8 heteroatoms. The van der Waals surface area contributed by atoms with E-state index in [0.717, 1.165) is 10.2 Å². The Labute approximate surface area is 163 Å². The van der Waals surface area contributed by atoms with Crippen molar-refractivity contribution in [3.63, 3.8) is 0 Å². The SMILES string of the molecule is Cn1c(Cn2c(=O)sc3ccccc32)nnc1SCC(=O)c1ccccc1. The van der Waals surface area contributed by atoms with Crippen molar-refractivity contribution in [3.05, 3.63) is 75.7 Å². The number of Topliss-reactive ketones (excluding diaryl/α,β-unsaturated/α-hetero) is 1. The number of hydrogen-bond donors (Lipinski definition) is 0. The number of nitrogens with zero attached hydrogens (tertiary/aromatic N) is 4. The van der Waals surface area contributed by atoms with Crippen molar-refractivity contribution in [1.82, 2.24) is 19.3 Å². The summed E-state index contributed by atoms with van der Waals surface area (Å²) in [7, 11) is 1.85. The van der Waals surface area contributed by atoms with Crippen LogP contribution >= 0.6 is 23.1 Å². The monoisotopic (exact) mass is 396 g/mol. The second-order valence-corrected chi connectivity index (χ2v) is 7.89. The lowest BCUT2D eigenvalue weighted by atomic mass is 10.2. The number of para-hydroxylation sites is 1. The van der Waals surface area contributed by atoms with Crippen molar-refractivity contribution < 1.29 is 4.79 Å². The standard InChI is InChI=1S/C19H16N4O2S2/c1-22-17(11-23-14-9-5-6-10-16(14)27-19(23)25)20-21-18(22)26-12-15(24)13-7-3-2-4-8-13/h2-10H,11-12H2,1H3. The highest BCUT2D eigenvalue weighted by molar-refractivity contribution is 7.99. The third-order valence-electron chi connectivity index (χ3n) is 4.23. The third kappa shape index (κ3) is 3.58. The first kappa shape index (κ1) is 17.7. The Morgan fingerprint density at radius 3 is 2.63 bits per heavy atom. The van der Waals surface area contributed by atoms with Gasteiger partial charge in [0.1, 0.15) is 0 Å². The molecule has 2 aromatic heterocycles. The van der Waals surface area contributed by atoms with Crippen LogP contribution in [0.2, 0.25) is 0 Å². The molecule has 2 heterocycles. The third-order valence-corrected chi connectivity index (χ3v) is 6.21. The summed E-state index contributed by atoms with van der Waals surface area (Å²) in [5.74, 6) is 1.01. The fraction of sp³-hybridized carbons (Fsp3) is 0.158. The van der Waals surface area contributed by atoms with Crippen molar-refractivity contribution in [2.45, 2.75) is 11.7 Å². The molecular formula is C19H16N4O2S2. The maximum absolute atomic E-state index is 12.3. The van der Waals surface area contributed by atoms with Crippen LogP contribution in [0.4, 0.5) is 0 Å². The molecule has 0 saturated heterocycles. The Bertz CT molecular complexity index is 1160. The zero-order chi connectivity index (χ0) is 18.8. The number of ketones is 1. The maximum atomic E-state index is 12.3. The molecule has 0 unspecified atom stereocenters. The highest BCUT2D eigenvalue weighted by Gasteiger charge is 2.15. The van der Waals surface area contributed by atoms with Crippen LogP contribution in [0.1, 0.15) is 16.2 Å². The second kappa shape index (κ2) is 7.50. The van der Waals surface area contributed by atoms with Gasteiger partial charge in [0.2, 0.25) is 0 Å². The van der Waals surface area contributed by atoms with Gasteiger partial charge in [-0.25, -0.2) is 0 Å². The molecule has 2 aromatic carbocycles. The van der Waals surface area contributed by atoms with Gasteiger partial charge in [0.25, 0.3) is 0 Å². The van der Waals surface area contributed by atoms with Crippen LogP contribution in [-0.4, -0.2) is 30.9 Å². The zero-order valence-corrected chi connectivity index (χ0v) is 16.2. The van der Waals surface area contributed by atoms with Crippen LogP contribution in [0.5, 0.6) is 0 Å². The quantitative estimate of drug-likeness (QED) is 0.370. The molecule has 0 atom stereocenters. The number of carbonyl (C=O) groups is 1. The number of fused-ring (bicyclic) bond motifs is 1. The molecule has 0 aliphatic rings. The highest BCUT2D eigenvalue weighted by Crippen LogP contribution is 2.20. The van der Waals surface area contributed by atoms with E-state index in [-0.39, 0.29) is 16.4 Å². The molecule has 0 N–H and O–H groups in total. The minimum atomic E-state index is -0.0207. The lowest BCUT2D eigenvalue weighted by molar-refractivity contribution is 0.102. The minimum absolute atomic E-state index is 0.0207. The Hall–Kier alpha value is -2.71. The van der Waals surface area contributed by atoms with E-state index >= 15 is 0 Å². The molecular weight excluding hydrogens is 380 g/mol. The lowest BCUT2D eigenvalue weighted by Gasteiger charge is -2.05. The molecule has 0 spiro atoms. The number of aromatic nitrogens is 4. The second-order valence-electron chi connectivity index (χ2n) is 5.96. The van der Waals surface area contributed by atoms with Crippen LogP contribution < -0.4 is 4.87 Å². The fourth-order valence-electron chi connectivity index (χ4n) is 2.75. The predicted octanol–water partition coefficient (Wildman–Crippen LogP) is 3.21. The van der Waals surface area contributed by atoms with E-state index in [1.807, 2.05) is 54.1 Å². The van der Waals surface area contributed by atoms with Gasteiger partial charge in [-0.15, -0.1) is 10.2 Å². The summed E-state index contributed by atoms with van der Waals surface area (Å²) in [6.45, 7) is 0.347. The van der Waals surface area contributed by atoms with Crippen molar-refractivity contribution in [2.24, 2.45) is 7.05 Å². The van der Waals surface area contributed by atoms with E-state index in [1.165, 1.54) is 23.1 Å². The molecule has 0 fully saturated rings. The summed E-state index contributed by atoms with van der Waals surface area (Å²) in [6, 6.07) is 16.9. The largest absolute Gasteiger partial charge is 0.308 e. The first-order chi connectivity index (χ1) is 13.1. The Morgan fingerprint density at radius 2 is 1.81 bits per heavy atom. The summed E-state index contributed by atoms with van der Waals surface area (Å²) in [6.07, 6.45) is 0. The molecule has 4 aromatic rings. The van der Waals surface area contributed by atoms with Crippen LogP contribution in [0.3, 0.4) is 0 Å². The molecule has 0 aliphatic carbocycles. The topological polar surface area (TPSA) is 69.8 Å². The molecule has 0 amide bonds. The molecule has 6 nitrogen and oxygen atoms in total. The summed E-state index contributed by atoms with van der Waals surface area (Å²) >= 11 is 2.57. The van der Waals surface area contributed by atoms with Gasteiger partial charge < -0.3 is 4.57 Å². The number of rotatable bonds is 6. The fourth-order valence-corrected chi connectivity index (χ4v) is 4.47. The molecule has 27 heavy (non-hydrogen) atoms. The van der Waals surface area contributed by atoms with Gasteiger partial charge >= 0.3 is 4.87 Å². The maximum Gasteiger partial charge on any atom is 0.308 e. The van der Waals surface area contributed by atoms with E-state index in [0.29, 0.717) is 23.1 Å². The Balaban J connectivity index is 1.51. The number of thioether (sulfide) groups is 1. The average Bonchev–Trinajstić information content (AvgIpc) is 3.20. The summed E-state index contributed by atoms with van der Waals surface area (Å²) in [5, 5.41) is 9.05. The molecule has 0 saturated carbocycles. The number of thiazole rings is 1. The summed E-state index contributed by atoms with van der Waals surface area (Å²) in [5.41, 5.74) is 1.58. The van der Waals surface area contributed by atoms with E-state index < -0.39 is 0 Å². The molecule has 0 bridgehead atoms. The molecule has 0 aliphatic heterocycles. The van der Waals surface area contributed by atoms with Crippen LogP contribution in [0, 0.1) is 0 Å². The lowest BCUT2D eigenvalue weighted by Crippen LogP contribution is -2.16. The minimum Gasteiger partial charge on any atom is -0.308 e. The van der Waals surface area contributed by atoms with Crippen molar-refractivity contribution >= 4 is 39.1 Å². The smallest absolute Gasteiger partial charge is 0.308 e. The Morgan fingerprint density at radius 1 is 1.07 bits per heavy atom. The van der Waals surface area contributed by atoms with Gasteiger partial charge in [0, 0.05) is 12.6 Å². The van der Waals surface area contributed by atoms with Crippen LogP contribution in [0.15, 0.2) is 64.5 Å². The number of benzene rings is 2. The van der Waals surface area contributed by atoms with Crippen LogP contribution in [-0.2, 0) is 13.6 Å². The predicted molar refractivity (Wildman–Crippen MR) is 108 cm³/mol. The number of hydrogen-bond acceptors (Lipinski definition) is 6. The Kier molecular flexibility index (Phi) is 4.91. The van der Waals surface area contributed by atoms with Crippen molar-refractivity contribution in [2.75, 3.05) is 5.75 Å². The van der Waals surface area contributed by atoms with Gasteiger partial charge in [0.05, 0.1) is 22.5 Å². The van der Waals surface area contributed by atoms with Gasteiger partial charge in [-0.2, -0.15) is 0 Å². The normalized spacial score (nSPS) is 11.1. The molecule has 0 radical (unpaired) electrons. The van der Waals surface area contributed by atoms with Gasteiger partial charge in [-0.1, -0.05) is 65.6 Å². The summed E-state index contributed by atoms with van der Waals surface area (Å²) < 4.78 is 4.49. The number of carbonyl (C=O) groups excluding carboxylic acids is 1. The first-order valence-electron chi connectivity index (χ1n) is 8.31. The molecule has 4 rings (SSSR count). The van der Waals surface area contributed by atoms with Crippen LogP contribution in [0.25, 0.3) is 10.2 Å². The van der Waals surface area contributed by atoms with Gasteiger partial charge in [0.15, 0.2) is 16.8 Å². The highest BCUT2D eigenvalue weighted by atomic mass is 32.2. The zero-order valence-electron chi connectivity index (χ0n) is 14.5. The van der Waals surface area contributed by atoms with Crippen molar-refractivity contribution in [1.29, 1.82) is 0 Å². The van der Waals surface area contributed by atoms with E-state index in [2.05, 4.69) is 10.2 Å². The first-order valence-corrected chi connectivity index (χ1v) is 10.1. The van der Waals surface area contributed by atoms with Gasteiger partial charge in [-0.3, -0.25) is 14.2 Å². The van der Waals surface area contributed by atoms with Gasteiger partial charge in [-0.05, 0) is 12.1 Å². The van der Waals surface area contributed by atoms with E-state index in [1.54, 1.807) is 16.7 Å². The average molecular weight is 396 g/mol.